The van der Waals surface area contributed by atoms with E-state index in [-0.39, 0.29) is 11.9 Å². The molecule has 0 saturated carbocycles. The summed E-state index contributed by atoms with van der Waals surface area (Å²) in [6.45, 7) is 14.2. The molecule has 23 heavy (non-hydrogen) atoms. The van der Waals surface area contributed by atoms with Crippen LogP contribution in [-0.4, -0.2) is 37.1 Å². The van der Waals surface area contributed by atoms with Crippen molar-refractivity contribution in [2.45, 2.75) is 53.4 Å². The van der Waals surface area contributed by atoms with Gasteiger partial charge in [0.05, 0.1) is 12.5 Å². The second-order valence-corrected chi connectivity index (χ2v) is 6.61. The molecule has 130 valence electrons. The molecule has 0 spiro atoms. The molecule has 1 unspecified atom stereocenters. The van der Waals surface area contributed by atoms with Crippen molar-refractivity contribution in [3.8, 4) is 0 Å². The summed E-state index contributed by atoms with van der Waals surface area (Å²) in [6.07, 6.45) is 1.97. The summed E-state index contributed by atoms with van der Waals surface area (Å²) in [6, 6.07) is 8.36. The monoisotopic (exact) mass is 319 g/mol. The normalized spacial score (nSPS) is 12.7. The minimum atomic E-state index is -0.198. The minimum Gasteiger partial charge on any atom is -0.465 e. The molecular formula is C20H33NO2. The number of hydrogen-bond donors (Lipinski definition) is 0. The van der Waals surface area contributed by atoms with Crippen LogP contribution in [0.3, 0.4) is 0 Å². The Bertz CT molecular complexity index is 449. The van der Waals surface area contributed by atoms with Gasteiger partial charge in [0.2, 0.25) is 0 Å². The molecule has 0 aliphatic rings. The van der Waals surface area contributed by atoms with Gasteiger partial charge in [0.15, 0.2) is 0 Å². The highest BCUT2D eigenvalue weighted by Gasteiger charge is 2.16. The fraction of sp³-hybridized carbons (Fsp3) is 0.650. The topological polar surface area (TPSA) is 29.5 Å². The van der Waals surface area contributed by atoms with Crippen molar-refractivity contribution in [1.29, 1.82) is 0 Å². The predicted molar refractivity (Wildman–Crippen MR) is 96.8 cm³/mol. The Morgan fingerprint density at radius 1 is 1.09 bits per heavy atom. The molecule has 1 rings (SSSR count). The van der Waals surface area contributed by atoms with Crippen LogP contribution in [0.1, 0.15) is 58.1 Å². The lowest BCUT2D eigenvalue weighted by Crippen LogP contribution is -2.25. The zero-order chi connectivity index (χ0) is 17.2. The van der Waals surface area contributed by atoms with Crippen LogP contribution in [0.2, 0.25) is 0 Å². The minimum absolute atomic E-state index is 0.124. The van der Waals surface area contributed by atoms with Gasteiger partial charge in [-0.2, -0.15) is 0 Å². The van der Waals surface area contributed by atoms with Gasteiger partial charge >= 0.3 is 5.97 Å². The SMILES string of the molecule is CCN(CC)CCCOC(=O)C(C)c1ccc(CC(C)C)cc1. The van der Waals surface area contributed by atoms with Gasteiger partial charge in [-0.3, -0.25) is 4.79 Å². The Morgan fingerprint density at radius 3 is 2.22 bits per heavy atom. The number of carbonyl (C=O) groups excluding carboxylic acids is 1. The van der Waals surface area contributed by atoms with Crippen molar-refractivity contribution in [2.24, 2.45) is 5.92 Å². The highest BCUT2D eigenvalue weighted by molar-refractivity contribution is 5.77. The van der Waals surface area contributed by atoms with Crippen molar-refractivity contribution in [3.63, 3.8) is 0 Å². The van der Waals surface area contributed by atoms with E-state index in [2.05, 4.69) is 56.9 Å². The van der Waals surface area contributed by atoms with E-state index in [0.717, 1.165) is 38.0 Å². The molecule has 1 atom stereocenters. The number of esters is 1. The van der Waals surface area contributed by atoms with E-state index in [1.165, 1.54) is 5.56 Å². The van der Waals surface area contributed by atoms with Crippen LogP contribution in [0.25, 0.3) is 0 Å². The average molecular weight is 319 g/mol. The molecule has 1 aromatic rings. The first-order chi connectivity index (χ1) is 11.0. The molecule has 0 amide bonds. The quantitative estimate of drug-likeness (QED) is 0.476. The van der Waals surface area contributed by atoms with Gasteiger partial charge in [-0.05, 0) is 49.9 Å². The highest BCUT2D eigenvalue weighted by atomic mass is 16.5. The van der Waals surface area contributed by atoms with Gasteiger partial charge in [0.25, 0.3) is 0 Å². The second kappa shape index (κ2) is 10.4. The van der Waals surface area contributed by atoms with Crippen molar-refractivity contribution in [2.75, 3.05) is 26.2 Å². The summed E-state index contributed by atoms with van der Waals surface area (Å²) in [7, 11) is 0. The standard InChI is InChI=1S/C20H33NO2/c1-6-21(7-2)13-8-14-23-20(22)17(5)19-11-9-18(10-12-19)15-16(3)4/h9-12,16-17H,6-8,13-15H2,1-5H3. The molecular weight excluding hydrogens is 286 g/mol. The molecule has 0 fully saturated rings. The third-order valence-corrected chi connectivity index (χ3v) is 4.23. The molecule has 0 N–H and O–H groups in total. The van der Waals surface area contributed by atoms with Crippen molar-refractivity contribution >= 4 is 5.97 Å². The van der Waals surface area contributed by atoms with Gasteiger partial charge in [0.1, 0.15) is 0 Å². The number of rotatable bonds is 10. The number of benzene rings is 1. The Morgan fingerprint density at radius 2 is 1.70 bits per heavy atom. The molecule has 0 heterocycles. The first-order valence-electron chi connectivity index (χ1n) is 8.95. The van der Waals surface area contributed by atoms with Crippen LogP contribution in [0.15, 0.2) is 24.3 Å². The van der Waals surface area contributed by atoms with E-state index in [0.29, 0.717) is 12.5 Å². The number of nitrogens with zero attached hydrogens (tertiary/aromatic N) is 1. The number of ether oxygens (including phenoxy) is 1. The number of carbonyl (C=O) groups is 1. The first-order valence-corrected chi connectivity index (χ1v) is 8.95. The van der Waals surface area contributed by atoms with Crippen molar-refractivity contribution in [1.82, 2.24) is 4.90 Å². The van der Waals surface area contributed by atoms with Crippen molar-refractivity contribution < 1.29 is 9.53 Å². The van der Waals surface area contributed by atoms with Gasteiger partial charge in [-0.15, -0.1) is 0 Å². The van der Waals surface area contributed by atoms with E-state index in [4.69, 9.17) is 4.74 Å². The fourth-order valence-electron chi connectivity index (χ4n) is 2.68. The summed E-state index contributed by atoms with van der Waals surface area (Å²) < 4.78 is 5.43. The summed E-state index contributed by atoms with van der Waals surface area (Å²) in [5.41, 5.74) is 2.36. The van der Waals surface area contributed by atoms with Crippen LogP contribution in [0.4, 0.5) is 0 Å². The summed E-state index contributed by atoms with van der Waals surface area (Å²) >= 11 is 0. The van der Waals surface area contributed by atoms with E-state index < -0.39 is 0 Å². The maximum Gasteiger partial charge on any atom is 0.313 e. The lowest BCUT2D eigenvalue weighted by molar-refractivity contribution is -0.145. The van der Waals surface area contributed by atoms with Gasteiger partial charge < -0.3 is 9.64 Å². The molecule has 1 aromatic carbocycles. The lowest BCUT2D eigenvalue weighted by Gasteiger charge is -2.18. The smallest absolute Gasteiger partial charge is 0.313 e. The Hall–Kier alpha value is -1.35. The third kappa shape index (κ3) is 7.17. The molecule has 0 aliphatic heterocycles. The lowest BCUT2D eigenvalue weighted by atomic mass is 9.97. The van der Waals surface area contributed by atoms with Crippen LogP contribution >= 0.6 is 0 Å². The van der Waals surface area contributed by atoms with Crippen LogP contribution in [0, 0.1) is 5.92 Å². The predicted octanol–water partition coefficient (Wildman–Crippen LogP) is 4.26. The zero-order valence-corrected chi connectivity index (χ0v) is 15.5. The Balaban J connectivity index is 2.41. The van der Waals surface area contributed by atoms with E-state index in [1.807, 2.05) is 6.92 Å². The van der Waals surface area contributed by atoms with E-state index >= 15 is 0 Å². The molecule has 0 bridgehead atoms. The van der Waals surface area contributed by atoms with E-state index in [1.54, 1.807) is 0 Å². The van der Waals surface area contributed by atoms with Crippen LogP contribution < -0.4 is 0 Å². The summed E-state index contributed by atoms with van der Waals surface area (Å²) in [5.74, 6) is 0.326. The Labute approximate surface area is 142 Å². The van der Waals surface area contributed by atoms with E-state index in [9.17, 15) is 4.79 Å². The summed E-state index contributed by atoms with van der Waals surface area (Å²) in [4.78, 5) is 14.5. The zero-order valence-electron chi connectivity index (χ0n) is 15.5. The highest BCUT2D eigenvalue weighted by Crippen LogP contribution is 2.19. The van der Waals surface area contributed by atoms with Crippen LogP contribution in [0.5, 0.6) is 0 Å². The summed E-state index contributed by atoms with van der Waals surface area (Å²) in [5, 5.41) is 0. The van der Waals surface area contributed by atoms with Gasteiger partial charge in [-0.25, -0.2) is 0 Å². The first kappa shape index (κ1) is 19.7. The maximum atomic E-state index is 12.2. The molecule has 0 aliphatic carbocycles. The molecule has 0 aromatic heterocycles. The molecule has 3 heteroatoms. The maximum absolute atomic E-state index is 12.2. The number of hydrogen-bond acceptors (Lipinski definition) is 3. The van der Waals surface area contributed by atoms with Crippen molar-refractivity contribution in [3.05, 3.63) is 35.4 Å². The average Bonchev–Trinajstić information content (AvgIpc) is 2.54. The third-order valence-electron chi connectivity index (χ3n) is 4.23. The molecule has 0 saturated heterocycles. The van der Waals surface area contributed by atoms with Crippen LogP contribution in [-0.2, 0) is 16.0 Å². The molecule has 0 radical (unpaired) electrons. The largest absolute Gasteiger partial charge is 0.465 e. The Kier molecular flexibility index (Phi) is 8.93. The second-order valence-electron chi connectivity index (χ2n) is 6.61. The van der Waals surface area contributed by atoms with Gasteiger partial charge in [-0.1, -0.05) is 52.0 Å². The molecule has 3 nitrogen and oxygen atoms in total. The fourth-order valence-corrected chi connectivity index (χ4v) is 2.68. The van der Waals surface area contributed by atoms with Gasteiger partial charge in [0, 0.05) is 6.54 Å².